The van der Waals surface area contributed by atoms with Gasteiger partial charge in [-0.2, -0.15) is 0 Å². The van der Waals surface area contributed by atoms with E-state index in [4.69, 9.17) is 27.8 Å². The first-order valence-corrected chi connectivity index (χ1v) is 10.6. The monoisotopic (exact) mass is 420 g/mol. The van der Waals surface area contributed by atoms with E-state index in [0.717, 1.165) is 54.5 Å². The van der Waals surface area contributed by atoms with Crippen LogP contribution in [0.4, 0.5) is 11.6 Å². The normalized spacial score (nSPS) is 24.0. The molecule has 9 heteroatoms. The van der Waals surface area contributed by atoms with Gasteiger partial charge in [0.15, 0.2) is 0 Å². The molecule has 1 aliphatic heterocycles. The van der Waals surface area contributed by atoms with E-state index in [1.165, 1.54) is 11.8 Å². The van der Waals surface area contributed by atoms with Gasteiger partial charge in [-0.3, -0.25) is 0 Å². The average Bonchev–Trinajstić information content (AvgIpc) is 3.02. The Morgan fingerprint density at radius 1 is 1.25 bits per heavy atom. The summed E-state index contributed by atoms with van der Waals surface area (Å²) in [5, 5.41) is 1.22. The minimum atomic E-state index is 0.207. The zero-order chi connectivity index (χ0) is 19.7. The molecule has 2 atom stereocenters. The first-order chi connectivity index (χ1) is 13.5. The Kier molecular flexibility index (Phi) is 5.64. The number of anilines is 2. The highest BCUT2D eigenvalue weighted by atomic mass is 35.5. The zero-order valence-electron chi connectivity index (χ0n) is 15.8. The van der Waals surface area contributed by atoms with Gasteiger partial charge in [-0.05, 0) is 37.2 Å². The van der Waals surface area contributed by atoms with Gasteiger partial charge in [-0.25, -0.2) is 15.0 Å². The van der Waals surface area contributed by atoms with Crippen LogP contribution in [0.5, 0.6) is 0 Å². The number of ether oxygens (including phenoxy) is 1. The lowest BCUT2D eigenvalue weighted by Gasteiger charge is -2.42. The Labute approximate surface area is 174 Å². The van der Waals surface area contributed by atoms with E-state index in [0.29, 0.717) is 16.9 Å². The third-order valence-corrected chi connectivity index (χ3v) is 7.55. The van der Waals surface area contributed by atoms with Gasteiger partial charge in [0.1, 0.15) is 16.7 Å². The van der Waals surface area contributed by atoms with Crippen LogP contribution in [0.1, 0.15) is 25.7 Å². The minimum Gasteiger partial charge on any atom is -0.382 e. The number of nitrogen functional groups attached to an aromatic ring is 1. The van der Waals surface area contributed by atoms with Gasteiger partial charge in [0, 0.05) is 37.3 Å². The van der Waals surface area contributed by atoms with Crippen LogP contribution in [-0.4, -0.2) is 47.3 Å². The van der Waals surface area contributed by atoms with Crippen LogP contribution in [0.25, 0.3) is 0 Å². The molecule has 2 aliphatic rings. The van der Waals surface area contributed by atoms with Gasteiger partial charge in [-0.1, -0.05) is 23.4 Å². The molecule has 4 N–H and O–H groups in total. The molecule has 2 aromatic heterocycles. The Morgan fingerprint density at radius 2 is 2.04 bits per heavy atom. The van der Waals surface area contributed by atoms with Gasteiger partial charge in [0.2, 0.25) is 0 Å². The quantitative estimate of drug-likeness (QED) is 0.777. The molecule has 0 aromatic carbocycles. The minimum absolute atomic E-state index is 0.207. The fourth-order valence-corrected chi connectivity index (χ4v) is 5.30. The van der Waals surface area contributed by atoms with Gasteiger partial charge in [-0.15, -0.1) is 0 Å². The van der Waals surface area contributed by atoms with E-state index in [2.05, 4.69) is 19.9 Å². The summed E-state index contributed by atoms with van der Waals surface area (Å²) in [7, 11) is 1.79. The van der Waals surface area contributed by atoms with E-state index in [-0.39, 0.29) is 11.5 Å². The number of nitrogens with zero attached hydrogens (tertiary/aromatic N) is 4. The smallest absolute Gasteiger partial charge is 0.147 e. The van der Waals surface area contributed by atoms with E-state index < -0.39 is 0 Å². The number of halogens is 1. The fourth-order valence-electron chi connectivity index (χ4n) is 4.32. The van der Waals surface area contributed by atoms with Gasteiger partial charge >= 0.3 is 0 Å². The lowest BCUT2D eigenvalue weighted by Crippen LogP contribution is -2.47. The van der Waals surface area contributed by atoms with Crippen LogP contribution in [0.3, 0.4) is 0 Å². The first kappa shape index (κ1) is 19.7. The highest BCUT2D eigenvalue weighted by molar-refractivity contribution is 7.99. The third kappa shape index (κ3) is 3.78. The van der Waals surface area contributed by atoms with Crippen molar-refractivity contribution in [2.45, 2.75) is 47.8 Å². The molecule has 3 heterocycles. The van der Waals surface area contributed by atoms with Gasteiger partial charge in [0.05, 0.1) is 23.5 Å². The molecule has 0 unspecified atom stereocenters. The molecule has 7 nitrogen and oxygen atoms in total. The summed E-state index contributed by atoms with van der Waals surface area (Å²) in [6, 6.07) is 2.04. The average molecular weight is 421 g/mol. The van der Waals surface area contributed by atoms with E-state index in [1.807, 2.05) is 12.3 Å². The molecular weight excluding hydrogens is 396 g/mol. The maximum Gasteiger partial charge on any atom is 0.147 e. The molecule has 1 saturated heterocycles. The Balaban J connectivity index is 1.39. The van der Waals surface area contributed by atoms with Crippen LogP contribution < -0.4 is 16.4 Å². The number of aromatic nitrogens is 3. The molecular formula is C19H25ClN6OS. The molecule has 150 valence electrons. The molecule has 0 radical (unpaired) electrons. The molecule has 2 aromatic rings. The molecule has 1 aliphatic carbocycles. The summed E-state index contributed by atoms with van der Waals surface area (Å²) in [5.74, 6) is 1.22. The molecule has 1 spiro atoms. The van der Waals surface area contributed by atoms with Crippen LogP contribution in [0, 0.1) is 5.41 Å². The number of nitrogens with two attached hydrogens (primary N) is 2. The first-order valence-electron chi connectivity index (χ1n) is 9.44. The Morgan fingerprint density at radius 3 is 2.68 bits per heavy atom. The van der Waals surface area contributed by atoms with Crippen molar-refractivity contribution in [3.05, 3.63) is 29.7 Å². The number of pyridine rings is 1. The summed E-state index contributed by atoms with van der Waals surface area (Å²) in [4.78, 5) is 16.2. The zero-order valence-corrected chi connectivity index (χ0v) is 17.4. The Bertz CT molecular complexity index is 828. The summed E-state index contributed by atoms with van der Waals surface area (Å²) >= 11 is 7.63. The SMILES string of the molecule is CO[C@@H]1C[C@@H](N)C2(CCN(c3cnc(Sc4ccnc(N)c4Cl)cn3)CC2)C1. The largest absolute Gasteiger partial charge is 0.382 e. The van der Waals surface area contributed by atoms with E-state index in [1.54, 1.807) is 19.5 Å². The topological polar surface area (TPSA) is 103 Å². The van der Waals surface area contributed by atoms with Crippen molar-refractivity contribution < 1.29 is 4.74 Å². The summed E-state index contributed by atoms with van der Waals surface area (Å²) in [5.41, 5.74) is 12.4. The highest BCUT2D eigenvalue weighted by Crippen LogP contribution is 2.46. The standard InChI is InChI=1S/C19H25ClN6OS/c1-27-12-8-14(21)19(9-12)3-6-26(7-4-19)15-10-25-16(11-24-15)28-13-2-5-23-18(22)17(13)20/h2,5,10-12,14H,3-4,6-9,21H2,1H3,(H2,22,23)/t12-,14-/m1/s1. The molecule has 2 fully saturated rings. The number of hydrogen-bond acceptors (Lipinski definition) is 8. The predicted octanol–water partition coefficient (Wildman–Crippen LogP) is 2.98. The molecule has 1 saturated carbocycles. The molecule has 4 rings (SSSR count). The van der Waals surface area contributed by atoms with E-state index in [9.17, 15) is 0 Å². The Hall–Kier alpha value is -1.61. The molecule has 0 amide bonds. The van der Waals surface area contributed by atoms with Crippen LogP contribution in [-0.2, 0) is 4.74 Å². The maximum atomic E-state index is 6.46. The van der Waals surface area contributed by atoms with Crippen molar-refractivity contribution in [1.82, 2.24) is 15.0 Å². The van der Waals surface area contributed by atoms with Gasteiger partial charge in [0.25, 0.3) is 0 Å². The van der Waals surface area contributed by atoms with Crippen LogP contribution in [0.15, 0.2) is 34.6 Å². The highest BCUT2D eigenvalue weighted by Gasteiger charge is 2.47. The van der Waals surface area contributed by atoms with Crippen molar-refractivity contribution in [1.29, 1.82) is 0 Å². The predicted molar refractivity (Wildman–Crippen MR) is 112 cm³/mol. The molecule has 28 heavy (non-hydrogen) atoms. The number of piperidine rings is 1. The van der Waals surface area contributed by atoms with Crippen LogP contribution >= 0.6 is 23.4 Å². The third-order valence-electron chi connectivity index (χ3n) is 6.06. The summed E-state index contributed by atoms with van der Waals surface area (Å²) in [6.07, 6.45) is 9.70. The van der Waals surface area contributed by atoms with Crippen molar-refractivity contribution in [2.75, 3.05) is 30.8 Å². The van der Waals surface area contributed by atoms with Crippen molar-refractivity contribution in [3.8, 4) is 0 Å². The van der Waals surface area contributed by atoms with E-state index >= 15 is 0 Å². The lowest BCUT2D eigenvalue weighted by atomic mass is 9.74. The second-order valence-corrected chi connectivity index (χ2v) is 9.02. The maximum absolute atomic E-state index is 6.46. The van der Waals surface area contributed by atoms with Crippen molar-refractivity contribution >= 4 is 35.0 Å². The second-order valence-electron chi connectivity index (χ2n) is 7.58. The number of rotatable bonds is 4. The number of methoxy groups -OCH3 is 1. The van der Waals surface area contributed by atoms with Crippen molar-refractivity contribution in [2.24, 2.45) is 11.1 Å². The lowest BCUT2D eigenvalue weighted by molar-refractivity contribution is 0.0891. The second kappa shape index (κ2) is 8.02. The van der Waals surface area contributed by atoms with Crippen molar-refractivity contribution in [3.63, 3.8) is 0 Å². The number of hydrogen-bond donors (Lipinski definition) is 2. The summed E-state index contributed by atoms with van der Waals surface area (Å²) in [6.45, 7) is 1.88. The fraction of sp³-hybridized carbons (Fsp3) is 0.526. The van der Waals surface area contributed by atoms with Gasteiger partial charge < -0.3 is 21.1 Å². The molecule has 0 bridgehead atoms. The summed E-state index contributed by atoms with van der Waals surface area (Å²) < 4.78 is 5.56. The van der Waals surface area contributed by atoms with Crippen LogP contribution in [0.2, 0.25) is 5.02 Å².